The fourth-order valence-electron chi connectivity index (χ4n) is 1.21. The van der Waals surface area contributed by atoms with E-state index < -0.39 is 23.8 Å². The summed E-state index contributed by atoms with van der Waals surface area (Å²) in [5.74, 6) is -2.18. The van der Waals surface area contributed by atoms with Gasteiger partial charge < -0.3 is 14.6 Å². The van der Waals surface area contributed by atoms with Gasteiger partial charge in [-0.1, -0.05) is 0 Å². The van der Waals surface area contributed by atoms with Gasteiger partial charge in [-0.05, 0) is 6.92 Å². The molecule has 0 saturated heterocycles. The highest BCUT2D eigenvalue weighted by molar-refractivity contribution is 5.72. The van der Waals surface area contributed by atoms with Gasteiger partial charge in [-0.15, -0.1) is 13.2 Å². The first-order chi connectivity index (χ1) is 8.23. The summed E-state index contributed by atoms with van der Waals surface area (Å²) < 4.78 is 44.2. The van der Waals surface area contributed by atoms with Crippen LogP contribution in [0.5, 0.6) is 11.5 Å². The molecule has 8 heteroatoms. The minimum atomic E-state index is -4.94. The van der Waals surface area contributed by atoms with Crippen LogP contribution in [0.1, 0.15) is 11.4 Å². The zero-order chi connectivity index (χ0) is 13.9. The Bertz CT molecular complexity index is 459. The Morgan fingerprint density at radius 1 is 1.50 bits per heavy atom. The van der Waals surface area contributed by atoms with Crippen LogP contribution in [0.4, 0.5) is 13.2 Å². The number of pyridine rings is 1. The standard InChI is InChI=1S/C10H10F3NO4/c1-5-9(16)7(18-10(11,12)13)3-6(14-5)4-8(15)17-2/h3,16H,4H2,1-2H3. The Labute approximate surface area is 100 Å². The molecule has 1 rings (SSSR count). The number of carbonyl (C=O) groups excluding carboxylic acids is 1. The predicted molar refractivity (Wildman–Crippen MR) is 53.0 cm³/mol. The van der Waals surface area contributed by atoms with E-state index in [4.69, 9.17) is 0 Å². The van der Waals surface area contributed by atoms with Crippen molar-refractivity contribution in [1.82, 2.24) is 4.98 Å². The molecule has 1 heterocycles. The lowest BCUT2D eigenvalue weighted by atomic mass is 10.2. The van der Waals surface area contributed by atoms with Crippen LogP contribution in [-0.4, -0.2) is 29.5 Å². The molecule has 100 valence electrons. The van der Waals surface area contributed by atoms with Crippen LogP contribution >= 0.6 is 0 Å². The monoisotopic (exact) mass is 265 g/mol. The van der Waals surface area contributed by atoms with E-state index in [1.54, 1.807) is 0 Å². The van der Waals surface area contributed by atoms with Crippen molar-refractivity contribution in [3.05, 3.63) is 17.5 Å². The SMILES string of the molecule is COC(=O)Cc1cc(OC(F)(F)F)c(O)c(C)n1. The molecule has 0 unspecified atom stereocenters. The van der Waals surface area contributed by atoms with Gasteiger partial charge in [0, 0.05) is 6.07 Å². The molecule has 0 aliphatic heterocycles. The van der Waals surface area contributed by atoms with E-state index >= 15 is 0 Å². The number of alkyl halides is 3. The predicted octanol–water partition coefficient (Wildman–Crippen LogP) is 1.71. The number of nitrogens with zero attached hydrogens (tertiary/aromatic N) is 1. The van der Waals surface area contributed by atoms with Crippen molar-refractivity contribution in [3.63, 3.8) is 0 Å². The maximum atomic E-state index is 12.1. The molecule has 1 N–H and O–H groups in total. The summed E-state index contributed by atoms with van der Waals surface area (Å²) in [5, 5.41) is 9.37. The Morgan fingerprint density at radius 2 is 2.11 bits per heavy atom. The lowest BCUT2D eigenvalue weighted by molar-refractivity contribution is -0.275. The van der Waals surface area contributed by atoms with Gasteiger partial charge in [-0.25, -0.2) is 0 Å². The third-order valence-electron chi connectivity index (χ3n) is 1.96. The van der Waals surface area contributed by atoms with Crippen LogP contribution in [-0.2, 0) is 16.0 Å². The number of aromatic hydroxyl groups is 1. The quantitative estimate of drug-likeness (QED) is 0.842. The van der Waals surface area contributed by atoms with Gasteiger partial charge in [-0.3, -0.25) is 9.78 Å². The van der Waals surface area contributed by atoms with Crippen LogP contribution in [0.3, 0.4) is 0 Å². The number of hydrogen-bond acceptors (Lipinski definition) is 5. The lowest BCUT2D eigenvalue weighted by Gasteiger charge is -2.12. The average Bonchev–Trinajstić information content (AvgIpc) is 2.23. The molecule has 0 aromatic carbocycles. The molecule has 0 amide bonds. The summed E-state index contributed by atoms with van der Waals surface area (Å²) in [7, 11) is 1.14. The molecule has 0 radical (unpaired) electrons. The van der Waals surface area contributed by atoms with Crippen LogP contribution in [0.25, 0.3) is 0 Å². The largest absolute Gasteiger partial charge is 0.573 e. The van der Waals surface area contributed by atoms with Gasteiger partial charge in [0.05, 0.1) is 24.9 Å². The third-order valence-corrected chi connectivity index (χ3v) is 1.96. The van der Waals surface area contributed by atoms with Gasteiger partial charge in [0.1, 0.15) is 0 Å². The highest BCUT2D eigenvalue weighted by Gasteiger charge is 2.33. The summed E-state index contributed by atoms with van der Waals surface area (Å²) in [6, 6.07) is 0.840. The number of hydrogen-bond donors (Lipinski definition) is 1. The van der Waals surface area contributed by atoms with Gasteiger partial charge in [0.25, 0.3) is 0 Å². The Morgan fingerprint density at radius 3 is 2.61 bits per heavy atom. The fourth-order valence-corrected chi connectivity index (χ4v) is 1.21. The fraction of sp³-hybridized carbons (Fsp3) is 0.400. The highest BCUT2D eigenvalue weighted by Crippen LogP contribution is 2.33. The summed E-state index contributed by atoms with van der Waals surface area (Å²) in [6.45, 7) is 1.29. The zero-order valence-corrected chi connectivity index (χ0v) is 9.54. The van der Waals surface area contributed by atoms with E-state index in [1.165, 1.54) is 6.92 Å². The van der Waals surface area contributed by atoms with Crippen molar-refractivity contribution < 1.29 is 32.5 Å². The molecule has 0 saturated carbocycles. The Kier molecular flexibility index (Phi) is 4.00. The van der Waals surface area contributed by atoms with E-state index in [0.29, 0.717) is 0 Å². The smallest absolute Gasteiger partial charge is 0.503 e. The first-order valence-electron chi connectivity index (χ1n) is 4.75. The maximum Gasteiger partial charge on any atom is 0.573 e. The number of carbonyl (C=O) groups is 1. The van der Waals surface area contributed by atoms with Crippen molar-refractivity contribution in [2.75, 3.05) is 7.11 Å². The number of aromatic nitrogens is 1. The van der Waals surface area contributed by atoms with Crippen molar-refractivity contribution in [3.8, 4) is 11.5 Å². The van der Waals surface area contributed by atoms with Crippen LogP contribution in [0.2, 0.25) is 0 Å². The van der Waals surface area contributed by atoms with E-state index in [-0.39, 0.29) is 17.8 Å². The molecule has 18 heavy (non-hydrogen) atoms. The number of aryl methyl sites for hydroxylation is 1. The van der Waals surface area contributed by atoms with Crippen LogP contribution < -0.4 is 4.74 Å². The van der Waals surface area contributed by atoms with Gasteiger partial charge in [-0.2, -0.15) is 0 Å². The molecular weight excluding hydrogens is 255 g/mol. The second kappa shape index (κ2) is 5.11. The maximum absolute atomic E-state index is 12.1. The van der Waals surface area contributed by atoms with Crippen molar-refractivity contribution in [2.24, 2.45) is 0 Å². The van der Waals surface area contributed by atoms with Gasteiger partial charge in [0.2, 0.25) is 0 Å². The normalized spacial score (nSPS) is 11.2. The Hall–Kier alpha value is -1.99. The summed E-state index contributed by atoms with van der Waals surface area (Å²) in [6.07, 6.45) is -5.25. The summed E-state index contributed by atoms with van der Waals surface area (Å²) in [4.78, 5) is 14.7. The van der Waals surface area contributed by atoms with Crippen LogP contribution in [0.15, 0.2) is 6.07 Å². The van der Waals surface area contributed by atoms with Crippen molar-refractivity contribution >= 4 is 5.97 Å². The van der Waals surface area contributed by atoms with Gasteiger partial charge in [0.15, 0.2) is 11.5 Å². The van der Waals surface area contributed by atoms with Crippen molar-refractivity contribution in [1.29, 1.82) is 0 Å². The molecule has 0 aliphatic rings. The lowest BCUT2D eigenvalue weighted by Crippen LogP contribution is -2.18. The number of halogens is 3. The van der Waals surface area contributed by atoms with E-state index in [2.05, 4.69) is 14.5 Å². The zero-order valence-electron chi connectivity index (χ0n) is 9.54. The molecule has 0 aliphatic carbocycles. The topological polar surface area (TPSA) is 68.7 Å². The van der Waals surface area contributed by atoms with Gasteiger partial charge >= 0.3 is 12.3 Å². The highest BCUT2D eigenvalue weighted by atomic mass is 19.4. The summed E-state index contributed by atoms with van der Waals surface area (Å²) in [5.41, 5.74) is -0.0629. The minimum absolute atomic E-state index is 0.0106. The minimum Gasteiger partial charge on any atom is -0.503 e. The summed E-state index contributed by atoms with van der Waals surface area (Å²) >= 11 is 0. The van der Waals surface area contributed by atoms with E-state index in [0.717, 1.165) is 13.2 Å². The molecular formula is C10H10F3NO4. The molecule has 1 aromatic rings. The number of rotatable bonds is 3. The molecule has 0 bridgehead atoms. The molecule has 5 nitrogen and oxygen atoms in total. The number of esters is 1. The molecule has 0 fully saturated rings. The number of methoxy groups -OCH3 is 1. The first-order valence-corrected chi connectivity index (χ1v) is 4.75. The average molecular weight is 265 g/mol. The van der Waals surface area contributed by atoms with Crippen molar-refractivity contribution in [2.45, 2.75) is 19.7 Å². The first kappa shape index (κ1) is 14.1. The van der Waals surface area contributed by atoms with Crippen LogP contribution in [0, 0.1) is 6.92 Å². The van der Waals surface area contributed by atoms with E-state index in [1.807, 2.05) is 0 Å². The molecule has 0 spiro atoms. The Balaban J connectivity index is 3.06. The second-order valence-electron chi connectivity index (χ2n) is 3.35. The van der Waals surface area contributed by atoms with E-state index in [9.17, 15) is 23.1 Å². The molecule has 0 atom stereocenters. The third kappa shape index (κ3) is 3.79. The molecule has 1 aromatic heterocycles. The second-order valence-corrected chi connectivity index (χ2v) is 3.35. The number of ether oxygens (including phenoxy) is 2.